The average molecular weight is 248 g/mol. The molecule has 0 radical (unpaired) electrons. The van der Waals surface area contributed by atoms with Crippen LogP contribution >= 0.6 is 34.8 Å². The summed E-state index contributed by atoms with van der Waals surface area (Å²) in [6, 6.07) is 2.52. The summed E-state index contributed by atoms with van der Waals surface area (Å²) in [7, 11) is 0. The van der Waals surface area contributed by atoms with Gasteiger partial charge in [-0.3, -0.25) is 0 Å². The Bertz CT molecular complexity index is 341. The molecule has 0 fully saturated rings. The van der Waals surface area contributed by atoms with Gasteiger partial charge in [0, 0.05) is 0 Å². The van der Waals surface area contributed by atoms with Gasteiger partial charge in [0.05, 0.1) is 20.6 Å². The Kier molecular flexibility index (Phi) is 5.68. The predicted octanol–water partition coefficient (Wildman–Crippen LogP) is 0.349. The zero-order chi connectivity index (χ0) is 9.30. The molecular formula is C7H3Cl3NaO2+. The van der Waals surface area contributed by atoms with Crippen molar-refractivity contribution in [3.8, 4) is 0 Å². The van der Waals surface area contributed by atoms with Crippen LogP contribution in [0.5, 0.6) is 0 Å². The number of aromatic carboxylic acids is 1. The van der Waals surface area contributed by atoms with Crippen LogP contribution in [0.25, 0.3) is 0 Å². The summed E-state index contributed by atoms with van der Waals surface area (Å²) in [5.74, 6) is -1.13. The van der Waals surface area contributed by atoms with Gasteiger partial charge in [0.2, 0.25) is 0 Å². The molecule has 0 aromatic heterocycles. The molecule has 0 bridgehead atoms. The number of hydrogen-bond acceptors (Lipinski definition) is 1. The molecule has 0 atom stereocenters. The van der Waals surface area contributed by atoms with Crippen LogP contribution in [0.4, 0.5) is 0 Å². The summed E-state index contributed by atoms with van der Waals surface area (Å²) >= 11 is 16.7. The molecular weight excluding hydrogens is 245 g/mol. The van der Waals surface area contributed by atoms with E-state index in [4.69, 9.17) is 39.9 Å². The molecule has 0 unspecified atom stereocenters. The Morgan fingerprint density at radius 3 is 2.00 bits per heavy atom. The number of halogens is 3. The van der Waals surface area contributed by atoms with Gasteiger partial charge in [-0.2, -0.15) is 0 Å². The normalized spacial score (nSPS) is 9.15. The standard InChI is InChI=1S/C7H3Cl3O2.Na/c8-4-2-6(10)5(9)1-3(4)7(11)12;/h1-2H,(H,11,12);/q;+1. The Hall–Kier alpha value is 0.560. The number of hydrogen-bond donors (Lipinski definition) is 1. The smallest absolute Gasteiger partial charge is 0.478 e. The molecule has 13 heavy (non-hydrogen) atoms. The molecule has 0 aliphatic heterocycles. The molecule has 0 aliphatic rings. The third kappa shape index (κ3) is 3.31. The zero-order valence-corrected chi connectivity index (χ0v) is 10.9. The SMILES string of the molecule is O=C(O)c1cc(Cl)c(Cl)cc1Cl.[Na+]. The third-order valence-electron chi connectivity index (χ3n) is 1.24. The monoisotopic (exact) mass is 247 g/mol. The first kappa shape index (κ1) is 13.6. The second-order valence-electron chi connectivity index (χ2n) is 2.05. The van der Waals surface area contributed by atoms with Crippen LogP contribution in [0.3, 0.4) is 0 Å². The van der Waals surface area contributed by atoms with Crippen molar-refractivity contribution in [1.82, 2.24) is 0 Å². The molecule has 0 aliphatic carbocycles. The van der Waals surface area contributed by atoms with E-state index in [0.717, 1.165) is 0 Å². The Balaban J connectivity index is 0.00000144. The molecule has 64 valence electrons. The van der Waals surface area contributed by atoms with E-state index < -0.39 is 5.97 Å². The van der Waals surface area contributed by atoms with E-state index in [1.165, 1.54) is 12.1 Å². The number of rotatable bonds is 1. The van der Waals surface area contributed by atoms with E-state index in [1.54, 1.807) is 0 Å². The fraction of sp³-hybridized carbons (Fsp3) is 0. The molecule has 1 aromatic rings. The maximum Gasteiger partial charge on any atom is 1.00 e. The van der Waals surface area contributed by atoms with E-state index in [1.807, 2.05) is 0 Å². The molecule has 1 rings (SSSR count). The Labute approximate surface area is 112 Å². The van der Waals surface area contributed by atoms with Gasteiger partial charge in [-0.25, -0.2) is 4.79 Å². The molecule has 2 nitrogen and oxygen atoms in total. The first-order valence-electron chi connectivity index (χ1n) is 2.90. The summed E-state index contributed by atoms with van der Waals surface area (Å²) in [5.41, 5.74) is -0.0499. The van der Waals surface area contributed by atoms with Gasteiger partial charge in [-0.1, -0.05) is 34.8 Å². The molecule has 1 N–H and O–H groups in total. The molecule has 0 saturated heterocycles. The van der Waals surface area contributed by atoms with E-state index >= 15 is 0 Å². The second kappa shape index (κ2) is 5.44. The second-order valence-corrected chi connectivity index (χ2v) is 3.27. The molecule has 0 amide bonds. The van der Waals surface area contributed by atoms with Crippen LogP contribution in [0.2, 0.25) is 15.1 Å². The fourth-order valence-electron chi connectivity index (χ4n) is 0.686. The molecule has 6 heteroatoms. The summed E-state index contributed by atoms with van der Waals surface area (Å²) in [5, 5.41) is 9.10. The van der Waals surface area contributed by atoms with E-state index in [-0.39, 0.29) is 50.2 Å². The van der Waals surface area contributed by atoms with Crippen molar-refractivity contribution in [1.29, 1.82) is 0 Å². The number of carbonyl (C=O) groups is 1. The first-order chi connectivity index (χ1) is 5.52. The summed E-state index contributed by atoms with van der Waals surface area (Å²) in [6.45, 7) is 0. The van der Waals surface area contributed by atoms with Crippen LogP contribution in [-0.2, 0) is 0 Å². The van der Waals surface area contributed by atoms with Gasteiger partial charge in [0.1, 0.15) is 0 Å². The summed E-state index contributed by atoms with van der Waals surface area (Å²) < 4.78 is 0. The number of carboxylic acid groups (broad SMARTS) is 1. The predicted molar refractivity (Wildman–Crippen MR) is 48.4 cm³/mol. The first-order valence-corrected chi connectivity index (χ1v) is 4.03. The van der Waals surface area contributed by atoms with Gasteiger partial charge in [0.15, 0.2) is 0 Å². The molecule has 1 aromatic carbocycles. The zero-order valence-electron chi connectivity index (χ0n) is 6.64. The molecule has 0 saturated carbocycles. The van der Waals surface area contributed by atoms with Crippen molar-refractivity contribution >= 4 is 40.8 Å². The van der Waals surface area contributed by atoms with Crippen molar-refractivity contribution in [2.75, 3.05) is 0 Å². The minimum Gasteiger partial charge on any atom is -0.478 e. The van der Waals surface area contributed by atoms with Crippen LogP contribution < -0.4 is 29.6 Å². The fourth-order valence-corrected chi connectivity index (χ4v) is 1.31. The van der Waals surface area contributed by atoms with Crippen LogP contribution in [0, 0.1) is 0 Å². The van der Waals surface area contributed by atoms with Gasteiger partial charge in [-0.05, 0) is 12.1 Å². The van der Waals surface area contributed by atoms with Gasteiger partial charge in [-0.15, -0.1) is 0 Å². The average Bonchev–Trinajstić information content (AvgIpc) is 1.96. The number of carboxylic acids is 1. The minimum atomic E-state index is -1.13. The van der Waals surface area contributed by atoms with Gasteiger partial charge >= 0.3 is 35.5 Å². The van der Waals surface area contributed by atoms with Crippen molar-refractivity contribution < 1.29 is 39.5 Å². The minimum absolute atomic E-state index is 0. The van der Waals surface area contributed by atoms with Crippen LogP contribution in [-0.4, -0.2) is 11.1 Å². The maximum atomic E-state index is 10.5. The van der Waals surface area contributed by atoms with Crippen molar-refractivity contribution in [3.05, 3.63) is 32.8 Å². The van der Waals surface area contributed by atoms with E-state index in [0.29, 0.717) is 0 Å². The van der Waals surface area contributed by atoms with Crippen LogP contribution in [0.15, 0.2) is 12.1 Å². The number of benzene rings is 1. The maximum absolute atomic E-state index is 10.5. The summed E-state index contributed by atoms with van der Waals surface area (Å²) in [6.07, 6.45) is 0. The molecule has 0 heterocycles. The van der Waals surface area contributed by atoms with Crippen molar-refractivity contribution in [2.24, 2.45) is 0 Å². The third-order valence-corrected chi connectivity index (χ3v) is 2.28. The van der Waals surface area contributed by atoms with Crippen molar-refractivity contribution in [2.45, 2.75) is 0 Å². The van der Waals surface area contributed by atoms with Gasteiger partial charge < -0.3 is 5.11 Å². The van der Waals surface area contributed by atoms with E-state index in [2.05, 4.69) is 0 Å². The quantitative estimate of drug-likeness (QED) is 0.575. The van der Waals surface area contributed by atoms with Gasteiger partial charge in [0.25, 0.3) is 0 Å². The Morgan fingerprint density at radius 1 is 1.08 bits per heavy atom. The van der Waals surface area contributed by atoms with Crippen LogP contribution in [0.1, 0.15) is 10.4 Å². The molecule has 0 spiro atoms. The Morgan fingerprint density at radius 2 is 1.54 bits per heavy atom. The summed E-state index contributed by atoms with van der Waals surface area (Å²) in [4.78, 5) is 10.5. The van der Waals surface area contributed by atoms with Crippen molar-refractivity contribution in [3.63, 3.8) is 0 Å². The van der Waals surface area contributed by atoms with E-state index in [9.17, 15) is 4.79 Å². The topological polar surface area (TPSA) is 37.3 Å². The largest absolute Gasteiger partial charge is 1.00 e.